The molecule has 0 saturated heterocycles. The first-order valence-corrected chi connectivity index (χ1v) is 7.97. The van der Waals surface area contributed by atoms with Crippen molar-refractivity contribution in [2.75, 3.05) is 5.32 Å². The lowest BCUT2D eigenvalue weighted by molar-refractivity contribution is 0.102. The Bertz CT molecular complexity index is 793. The number of nitrogens with two attached hydrogens (primary N) is 1. The van der Waals surface area contributed by atoms with E-state index in [0.29, 0.717) is 5.69 Å². The number of hydrogen-bond acceptors (Lipinski definition) is 3. The predicted octanol–water partition coefficient (Wildman–Crippen LogP) is 2.89. The van der Waals surface area contributed by atoms with Crippen LogP contribution in [0.4, 0.5) is 5.69 Å². The van der Waals surface area contributed by atoms with Crippen molar-refractivity contribution in [3.63, 3.8) is 0 Å². The largest absolute Gasteiger partial charge is 0.322 e. The number of nitrogens with one attached hydrogen (secondary N) is 1. The van der Waals surface area contributed by atoms with Gasteiger partial charge in [0.05, 0.1) is 15.6 Å². The summed E-state index contributed by atoms with van der Waals surface area (Å²) in [6.07, 6.45) is 0. The topological polar surface area (TPSA) is 89.3 Å². The summed E-state index contributed by atoms with van der Waals surface area (Å²) in [6.45, 7) is 0. The van der Waals surface area contributed by atoms with Crippen LogP contribution < -0.4 is 10.5 Å². The normalized spacial score (nSPS) is 11.2. The third-order valence-electron chi connectivity index (χ3n) is 2.60. The Hall–Kier alpha value is -1.60. The Balaban J connectivity index is 2.42. The molecule has 0 unspecified atom stereocenters. The number of carbonyl (C=O) groups is 1. The lowest BCUT2D eigenvalue weighted by Gasteiger charge is -2.09. The Kier molecular flexibility index (Phi) is 4.53. The van der Waals surface area contributed by atoms with E-state index in [2.05, 4.69) is 5.32 Å². The first kappa shape index (κ1) is 15.8. The van der Waals surface area contributed by atoms with E-state index in [-0.39, 0.29) is 20.5 Å². The van der Waals surface area contributed by atoms with Crippen LogP contribution in [0.15, 0.2) is 47.4 Å². The summed E-state index contributed by atoms with van der Waals surface area (Å²) in [5.74, 6) is -0.562. The third kappa shape index (κ3) is 3.74. The average molecular weight is 345 g/mol. The highest BCUT2D eigenvalue weighted by Crippen LogP contribution is 2.28. The van der Waals surface area contributed by atoms with Gasteiger partial charge in [-0.05, 0) is 24.3 Å². The highest BCUT2D eigenvalue weighted by Gasteiger charge is 2.19. The van der Waals surface area contributed by atoms with Gasteiger partial charge in [0.15, 0.2) is 0 Å². The highest BCUT2D eigenvalue weighted by atomic mass is 35.5. The third-order valence-corrected chi connectivity index (χ3v) is 4.29. The van der Waals surface area contributed by atoms with Gasteiger partial charge in [-0.15, -0.1) is 0 Å². The molecule has 0 aliphatic rings. The van der Waals surface area contributed by atoms with E-state index < -0.39 is 15.9 Å². The average Bonchev–Trinajstić information content (AvgIpc) is 2.38. The Morgan fingerprint density at radius 2 is 1.67 bits per heavy atom. The van der Waals surface area contributed by atoms with E-state index in [1.165, 1.54) is 6.07 Å². The molecule has 0 bridgehead atoms. The zero-order valence-electron chi connectivity index (χ0n) is 10.5. The number of primary sulfonamides is 1. The van der Waals surface area contributed by atoms with Crippen molar-refractivity contribution >= 4 is 44.8 Å². The van der Waals surface area contributed by atoms with E-state index in [1.54, 1.807) is 30.3 Å². The molecular formula is C13H10Cl2N2O3S. The summed E-state index contributed by atoms with van der Waals surface area (Å²) in [5.41, 5.74) is 0.514. The SMILES string of the molecule is NS(=O)(=O)c1cc(C(=O)Nc2ccccc2)c(Cl)cc1Cl. The lowest BCUT2D eigenvalue weighted by atomic mass is 10.2. The van der Waals surface area contributed by atoms with Crippen molar-refractivity contribution in [3.8, 4) is 0 Å². The molecule has 3 N–H and O–H groups in total. The quantitative estimate of drug-likeness (QED) is 0.896. The van der Waals surface area contributed by atoms with E-state index >= 15 is 0 Å². The molecule has 0 heterocycles. The van der Waals surface area contributed by atoms with Gasteiger partial charge in [0.25, 0.3) is 5.91 Å². The zero-order valence-corrected chi connectivity index (χ0v) is 12.8. The van der Waals surface area contributed by atoms with Gasteiger partial charge < -0.3 is 5.32 Å². The van der Waals surface area contributed by atoms with E-state index in [9.17, 15) is 13.2 Å². The van der Waals surface area contributed by atoms with E-state index in [0.717, 1.165) is 6.07 Å². The van der Waals surface area contributed by atoms with Crippen molar-refractivity contribution in [3.05, 3.63) is 58.1 Å². The van der Waals surface area contributed by atoms with Crippen LogP contribution in [0.5, 0.6) is 0 Å². The van der Waals surface area contributed by atoms with Gasteiger partial charge in [0, 0.05) is 5.69 Å². The molecule has 2 aromatic rings. The summed E-state index contributed by atoms with van der Waals surface area (Å²) >= 11 is 11.7. The van der Waals surface area contributed by atoms with Gasteiger partial charge in [0.1, 0.15) is 4.90 Å². The number of rotatable bonds is 3. The fraction of sp³-hybridized carbons (Fsp3) is 0. The fourth-order valence-electron chi connectivity index (χ4n) is 1.64. The first-order valence-electron chi connectivity index (χ1n) is 5.67. The minimum Gasteiger partial charge on any atom is -0.322 e. The molecule has 0 aliphatic heterocycles. The van der Waals surface area contributed by atoms with Crippen LogP contribution in [0.2, 0.25) is 10.0 Å². The molecule has 21 heavy (non-hydrogen) atoms. The van der Waals surface area contributed by atoms with E-state index in [1.807, 2.05) is 0 Å². The molecule has 1 amide bonds. The van der Waals surface area contributed by atoms with Crippen molar-refractivity contribution in [1.29, 1.82) is 0 Å². The van der Waals surface area contributed by atoms with Gasteiger partial charge in [-0.2, -0.15) is 0 Å². The first-order chi connectivity index (χ1) is 9.79. The van der Waals surface area contributed by atoms with Gasteiger partial charge in [0.2, 0.25) is 10.0 Å². The second-order valence-corrected chi connectivity index (χ2v) is 6.47. The zero-order chi connectivity index (χ0) is 15.6. The summed E-state index contributed by atoms with van der Waals surface area (Å²) in [5, 5.41) is 7.53. The summed E-state index contributed by atoms with van der Waals surface area (Å²) in [6, 6.07) is 10.9. The standard InChI is InChI=1S/C13H10Cl2N2O3S/c14-10-7-11(15)12(21(16,19)20)6-9(10)13(18)17-8-4-2-1-3-5-8/h1-7H,(H,17,18)(H2,16,19,20). The molecule has 0 aliphatic carbocycles. The molecule has 110 valence electrons. The lowest BCUT2D eigenvalue weighted by Crippen LogP contribution is -2.16. The summed E-state index contributed by atoms with van der Waals surface area (Å²) in [4.78, 5) is 11.8. The molecule has 5 nitrogen and oxygen atoms in total. The second kappa shape index (κ2) is 6.03. The monoisotopic (exact) mass is 344 g/mol. The summed E-state index contributed by atoms with van der Waals surface area (Å²) < 4.78 is 22.8. The molecule has 8 heteroatoms. The highest BCUT2D eigenvalue weighted by molar-refractivity contribution is 7.89. The van der Waals surface area contributed by atoms with Crippen LogP contribution in [-0.4, -0.2) is 14.3 Å². The minimum atomic E-state index is -4.05. The van der Waals surface area contributed by atoms with Gasteiger partial charge in [-0.25, -0.2) is 13.6 Å². The molecule has 0 radical (unpaired) electrons. The fourth-order valence-corrected chi connectivity index (χ4v) is 3.05. The number of para-hydroxylation sites is 1. The van der Waals surface area contributed by atoms with Crippen molar-refractivity contribution in [2.45, 2.75) is 4.90 Å². The van der Waals surface area contributed by atoms with Gasteiger partial charge >= 0.3 is 0 Å². The predicted molar refractivity (Wildman–Crippen MR) is 82.2 cm³/mol. The number of benzene rings is 2. The molecule has 0 spiro atoms. The molecule has 2 aromatic carbocycles. The minimum absolute atomic E-state index is 0.0285. The number of halogens is 2. The molecule has 0 aromatic heterocycles. The number of hydrogen-bond donors (Lipinski definition) is 2. The smallest absolute Gasteiger partial charge is 0.257 e. The van der Waals surface area contributed by atoms with Gasteiger partial charge in [-0.1, -0.05) is 41.4 Å². The number of amides is 1. The van der Waals surface area contributed by atoms with Crippen molar-refractivity contribution in [2.24, 2.45) is 5.14 Å². The van der Waals surface area contributed by atoms with Crippen LogP contribution in [-0.2, 0) is 10.0 Å². The van der Waals surface area contributed by atoms with Crippen LogP contribution >= 0.6 is 23.2 Å². The van der Waals surface area contributed by atoms with Gasteiger partial charge in [-0.3, -0.25) is 4.79 Å². The van der Waals surface area contributed by atoms with Crippen LogP contribution in [0.3, 0.4) is 0 Å². The number of carbonyl (C=O) groups excluding carboxylic acids is 1. The Morgan fingerprint density at radius 3 is 2.24 bits per heavy atom. The van der Waals surface area contributed by atoms with Crippen LogP contribution in [0.1, 0.15) is 10.4 Å². The second-order valence-electron chi connectivity index (χ2n) is 4.13. The Labute approximate surface area is 131 Å². The molecule has 0 fully saturated rings. The summed E-state index contributed by atoms with van der Waals surface area (Å²) in [7, 11) is -4.05. The van der Waals surface area contributed by atoms with Crippen LogP contribution in [0, 0.1) is 0 Å². The maximum atomic E-state index is 12.2. The van der Waals surface area contributed by atoms with Crippen LogP contribution in [0.25, 0.3) is 0 Å². The number of anilines is 1. The van der Waals surface area contributed by atoms with E-state index in [4.69, 9.17) is 28.3 Å². The molecule has 2 rings (SSSR count). The maximum Gasteiger partial charge on any atom is 0.257 e. The molecular weight excluding hydrogens is 335 g/mol. The van der Waals surface area contributed by atoms with Crippen molar-refractivity contribution < 1.29 is 13.2 Å². The molecule has 0 atom stereocenters. The number of sulfonamides is 1. The molecule has 0 saturated carbocycles. The Morgan fingerprint density at radius 1 is 1.05 bits per heavy atom. The maximum absolute atomic E-state index is 12.2. The van der Waals surface area contributed by atoms with Crippen molar-refractivity contribution in [1.82, 2.24) is 0 Å².